The molecule has 7 aromatic carbocycles. The standard InChI is InChI=1S/C26H12F2/c27-14-8-13-9-15(28)11-23-24(13)20(10-14)22-12-21-17-5-2-1-4-16(17)18-6-3-7-19(25(18)21)26(22)23/h1-12H. The van der Waals surface area contributed by atoms with Crippen molar-refractivity contribution in [3.05, 3.63) is 84.4 Å². The third-order valence-electron chi connectivity index (χ3n) is 6.21. The average Bonchev–Trinajstić information content (AvgIpc) is 3.18. The van der Waals surface area contributed by atoms with E-state index in [1.54, 1.807) is 12.1 Å². The lowest BCUT2D eigenvalue weighted by molar-refractivity contribution is 0.627. The summed E-state index contributed by atoms with van der Waals surface area (Å²) >= 11 is 0. The Morgan fingerprint density at radius 1 is 0.393 bits per heavy atom. The minimum atomic E-state index is -0.336. The fourth-order valence-corrected chi connectivity index (χ4v) is 5.23. The van der Waals surface area contributed by atoms with Gasteiger partial charge in [0.1, 0.15) is 11.6 Å². The lowest BCUT2D eigenvalue weighted by Gasteiger charge is -2.03. The van der Waals surface area contributed by atoms with Crippen molar-refractivity contribution in [2.45, 2.75) is 0 Å². The van der Waals surface area contributed by atoms with Crippen LogP contribution in [0.3, 0.4) is 0 Å². The molecule has 0 fully saturated rings. The van der Waals surface area contributed by atoms with Crippen molar-refractivity contribution in [1.82, 2.24) is 0 Å². The average molecular weight is 362 g/mol. The van der Waals surface area contributed by atoms with E-state index < -0.39 is 0 Å². The minimum Gasteiger partial charge on any atom is -0.207 e. The summed E-state index contributed by atoms with van der Waals surface area (Å²) < 4.78 is 28.8. The maximum absolute atomic E-state index is 14.4. The van der Waals surface area contributed by atoms with Crippen molar-refractivity contribution >= 4 is 64.6 Å². The Bertz CT molecular complexity index is 1720. The van der Waals surface area contributed by atoms with Crippen molar-refractivity contribution in [2.24, 2.45) is 0 Å². The summed E-state index contributed by atoms with van der Waals surface area (Å²) in [5.74, 6) is -0.670. The Kier molecular flexibility index (Phi) is 2.42. The zero-order chi connectivity index (χ0) is 18.6. The van der Waals surface area contributed by atoms with Crippen LogP contribution in [0, 0.1) is 11.6 Å². The van der Waals surface area contributed by atoms with E-state index in [-0.39, 0.29) is 11.6 Å². The number of halogens is 2. The molecule has 7 aromatic rings. The van der Waals surface area contributed by atoms with Crippen LogP contribution in [0.4, 0.5) is 8.78 Å². The molecule has 0 N–H and O–H groups in total. The van der Waals surface area contributed by atoms with E-state index in [2.05, 4.69) is 42.5 Å². The van der Waals surface area contributed by atoms with E-state index in [0.29, 0.717) is 5.39 Å². The van der Waals surface area contributed by atoms with Crippen LogP contribution in [0.5, 0.6) is 0 Å². The molecule has 0 atom stereocenters. The topological polar surface area (TPSA) is 0 Å². The number of rotatable bonds is 0. The maximum atomic E-state index is 14.4. The van der Waals surface area contributed by atoms with Gasteiger partial charge in [0.25, 0.3) is 0 Å². The zero-order valence-corrected chi connectivity index (χ0v) is 14.7. The predicted molar refractivity (Wildman–Crippen MR) is 114 cm³/mol. The van der Waals surface area contributed by atoms with E-state index in [4.69, 9.17) is 0 Å². The second-order valence-corrected chi connectivity index (χ2v) is 7.63. The van der Waals surface area contributed by atoms with Gasteiger partial charge in [-0.1, -0.05) is 42.5 Å². The van der Waals surface area contributed by atoms with Gasteiger partial charge in [-0.2, -0.15) is 0 Å². The van der Waals surface area contributed by atoms with Crippen LogP contribution >= 0.6 is 0 Å². The summed E-state index contributed by atoms with van der Waals surface area (Å²) in [5, 5.41) is 12.4. The van der Waals surface area contributed by atoms with Crippen molar-refractivity contribution in [3.63, 3.8) is 0 Å². The molecule has 2 heteroatoms. The van der Waals surface area contributed by atoms with E-state index in [1.165, 1.54) is 39.1 Å². The third-order valence-corrected chi connectivity index (χ3v) is 6.21. The van der Waals surface area contributed by atoms with E-state index >= 15 is 0 Å². The molecular formula is C26H12F2. The van der Waals surface area contributed by atoms with Crippen molar-refractivity contribution in [3.8, 4) is 0 Å². The summed E-state index contributed by atoms with van der Waals surface area (Å²) in [7, 11) is 0. The second kappa shape index (κ2) is 4.66. The Hall–Kier alpha value is -3.52. The molecule has 0 saturated heterocycles. The highest BCUT2D eigenvalue weighted by Gasteiger charge is 2.20. The first kappa shape index (κ1) is 14.5. The first-order valence-corrected chi connectivity index (χ1v) is 9.34. The Balaban J connectivity index is 1.91. The molecule has 0 amide bonds. The molecule has 0 aliphatic heterocycles. The quantitative estimate of drug-likeness (QED) is 0.259. The van der Waals surface area contributed by atoms with Gasteiger partial charge in [-0.3, -0.25) is 0 Å². The summed E-state index contributed by atoms with van der Waals surface area (Å²) in [6.45, 7) is 0. The van der Waals surface area contributed by atoms with Crippen LogP contribution < -0.4 is 0 Å². The first-order valence-electron chi connectivity index (χ1n) is 9.34. The highest BCUT2D eigenvalue weighted by molar-refractivity contribution is 6.42. The van der Waals surface area contributed by atoms with Gasteiger partial charge in [-0.25, -0.2) is 8.78 Å². The number of hydrogen-bond donors (Lipinski definition) is 0. The van der Waals surface area contributed by atoms with Crippen LogP contribution in [0.25, 0.3) is 64.6 Å². The van der Waals surface area contributed by atoms with E-state index in [9.17, 15) is 8.78 Å². The van der Waals surface area contributed by atoms with Gasteiger partial charge in [-0.05, 0) is 95.0 Å². The van der Waals surface area contributed by atoms with Gasteiger partial charge in [0, 0.05) is 0 Å². The van der Waals surface area contributed by atoms with Crippen LogP contribution in [-0.2, 0) is 0 Å². The molecule has 28 heavy (non-hydrogen) atoms. The Morgan fingerprint density at radius 3 is 1.71 bits per heavy atom. The summed E-state index contributed by atoms with van der Waals surface area (Å²) in [5.41, 5.74) is 0. The van der Waals surface area contributed by atoms with E-state index in [0.717, 1.165) is 32.3 Å². The molecule has 0 aromatic heterocycles. The number of fused-ring (bicyclic) bond motifs is 7. The summed E-state index contributed by atoms with van der Waals surface area (Å²) in [6, 6.07) is 22.9. The van der Waals surface area contributed by atoms with Gasteiger partial charge < -0.3 is 0 Å². The Morgan fingerprint density at radius 2 is 0.929 bits per heavy atom. The van der Waals surface area contributed by atoms with Gasteiger partial charge in [0.15, 0.2) is 0 Å². The molecule has 7 rings (SSSR count). The lowest BCUT2D eigenvalue weighted by Crippen LogP contribution is -1.80. The number of hydrogen-bond acceptors (Lipinski definition) is 0. The largest absolute Gasteiger partial charge is 0.207 e. The molecule has 0 spiro atoms. The van der Waals surface area contributed by atoms with Crippen molar-refractivity contribution in [1.29, 1.82) is 0 Å². The molecule has 0 heterocycles. The normalized spacial score (nSPS) is 12.6. The van der Waals surface area contributed by atoms with Crippen LogP contribution in [0.1, 0.15) is 0 Å². The fourth-order valence-electron chi connectivity index (χ4n) is 5.23. The van der Waals surface area contributed by atoms with Gasteiger partial charge in [-0.15, -0.1) is 0 Å². The van der Waals surface area contributed by atoms with Gasteiger partial charge >= 0.3 is 0 Å². The fraction of sp³-hybridized carbons (Fsp3) is 0. The van der Waals surface area contributed by atoms with Crippen molar-refractivity contribution in [2.75, 3.05) is 0 Å². The van der Waals surface area contributed by atoms with Crippen LogP contribution in [-0.4, -0.2) is 0 Å². The Labute approximate surface area is 158 Å². The molecule has 0 nitrogen and oxygen atoms in total. The van der Waals surface area contributed by atoms with Crippen molar-refractivity contribution < 1.29 is 8.78 Å². The molecule has 0 unspecified atom stereocenters. The SMILES string of the molecule is Fc1cc2cc(F)cc3c2c(c1)c1cc2c4ccccc4c4cccc(c42)c13. The molecule has 130 valence electrons. The molecule has 0 aliphatic rings. The second-order valence-electron chi connectivity index (χ2n) is 7.63. The monoisotopic (exact) mass is 362 g/mol. The number of benzene rings is 5. The van der Waals surface area contributed by atoms with Crippen LogP contribution in [0.2, 0.25) is 0 Å². The molecular weight excluding hydrogens is 350 g/mol. The van der Waals surface area contributed by atoms with Gasteiger partial charge in [0.2, 0.25) is 0 Å². The molecule has 0 saturated carbocycles. The molecule has 0 aliphatic carbocycles. The predicted octanol–water partition coefficient (Wildman–Crippen LogP) is 7.76. The van der Waals surface area contributed by atoms with Crippen LogP contribution in [0.15, 0.2) is 72.8 Å². The highest BCUT2D eigenvalue weighted by atomic mass is 19.1. The smallest absolute Gasteiger partial charge is 0.124 e. The molecule has 0 bridgehead atoms. The maximum Gasteiger partial charge on any atom is 0.124 e. The minimum absolute atomic E-state index is 0.335. The van der Waals surface area contributed by atoms with Gasteiger partial charge in [0.05, 0.1) is 0 Å². The van der Waals surface area contributed by atoms with E-state index in [1.807, 2.05) is 6.07 Å². The summed E-state index contributed by atoms with van der Waals surface area (Å²) in [4.78, 5) is 0. The third kappa shape index (κ3) is 1.56. The zero-order valence-electron chi connectivity index (χ0n) is 14.7. The summed E-state index contributed by atoms with van der Waals surface area (Å²) in [6.07, 6.45) is 0. The first-order chi connectivity index (χ1) is 13.7. The molecule has 0 radical (unpaired) electrons. The lowest BCUT2D eigenvalue weighted by atomic mass is 10.00. The highest BCUT2D eigenvalue weighted by Crippen LogP contribution is 2.47.